The van der Waals surface area contributed by atoms with Crippen molar-refractivity contribution in [1.82, 2.24) is 15.1 Å². The second kappa shape index (κ2) is 5.35. The van der Waals surface area contributed by atoms with Gasteiger partial charge in [-0.15, -0.1) is 0 Å². The fourth-order valence-electron chi connectivity index (χ4n) is 1.88. The highest BCUT2D eigenvalue weighted by atomic mass is 19.3. The van der Waals surface area contributed by atoms with E-state index < -0.39 is 18.6 Å². The number of carbonyl (C=O) groups excluding carboxylic acids is 1. The summed E-state index contributed by atoms with van der Waals surface area (Å²) in [5.74, 6) is -1.12. The largest absolute Gasteiger partial charge is 0.338 e. The molecule has 0 fully saturated rings. The van der Waals surface area contributed by atoms with Gasteiger partial charge in [-0.2, -0.15) is 4.98 Å². The van der Waals surface area contributed by atoms with Crippen molar-refractivity contribution in [3.63, 3.8) is 0 Å². The molecule has 0 saturated heterocycles. The van der Waals surface area contributed by atoms with Crippen molar-refractivity contribution >= 4 is 16.7 Å². The molecule has 3 aromatic rings. The van der Waals surface area contributed by atoms with E-state index in [4.69, 9.17) is 4.52 Å². The van der Waals surface area contributed by atoms with Crippen LogP contribution < -0.4 is 0 Å². The minimum Gasteiger partial charge on any atom is -0.338 e. The van der Waals surface area contributed by atoms with Gasteiger partial charge in [0.15, 0.2) is 0 Å². The first kappa shape index (κ1) is 13.3. The van der Waals surface area contributed by atoms with Gasteiger partial charge in [-0.05, 0) is 24.3 Å². The molecule has 0 bridgehead atoms. The van der Waals surface area contributed by atoms with E-state index in [1.54, 1.807) is 24.4 Å². The summed E-state index contributed by atoms with van der Waals surface area (Å²) in [6, 6.07) is 9.04. The summed E-state index contributed by atoms with van der Waals surface area (Å²) in [7, 11) is 0. The van der Waals surface area contributed by atoms with Crippen LogP contribution in [-0.2, 0) is 11.2 Å². The molecular formula is C14H9F2N3O2. The number of aromatic nitrogens is 3. The Hall–Kier alpha value is -2.70. The van der Waals surface area contributed by atoms with Gasteiger partial charge in [0, 0.05) is 17.1 Å². The van der Waals surface area contributed by atoms with Crippen LogP contribution in [0.5, 0.6) is 0 Å². The summed E-state index contributed by atoms with van der Waals surface area (Å²) < 4.78 is 29.2. The lowest BCUT2D eigenvalue weighted by Crippen LogP contribution is -2.12. The summed E-state index contributed by atoms with van der Waals surface area (Å²) in [6.07, 6.45) is -1.92. The highest BCUT2D eigenvalue weighted by molar-refractivity contribution is 5.84. The average molecular weight is 289 g/mol. The van der Waals surface area contributed by atoms with Gasteiger partial charge in [0.25, 0.3) is 6.43 Å². The third-order valence-electron chi connectivity index (χ3n) is 2.90. The number of hydrogen-bond acceptors (Lipinski definition) is 5. The molecule has 7 heteroatoms. The van der Waals surface area contributed by atoms with E-state index in [1.807, 2.05) is 12.1 Å². The molecule has 106 valence electrons. The van der Waals surface area contributed by atoms with Gasteiger partial charge >= 0.3 is 0 Å². The van der Waals surface area contributed by atoms with Crippen LogP contribution in [0.4, 0.5) is 8.78 Å². The summed E-state index contributed by atoms with van der Waals surface area (Å²) in [5, 5.41) is 4.60. The molecule has 2 aromatic heterocycles. The highest BCUT2D eigenvalue weighted by Crippen LogP contribution is 2.21. The number of pyridine rings is 1. The van der Waals surface area contributed by atoms with Crippen molar-refractivity contribution in [3.05, 3.63) is 42.4 Å². The van der Waals surface area contributed by atoms with Crippen LogP contribution in [0.2, 0.25) is 0 Å². The molecule has 2 heterocycles. The van der Waals surface area contributed by atoms with E-state index in [1.165, 1.54) is 0 Å². The molecule has 0 N–H and O–H groups in total. The van der Waals surface area contributed by atoms with E-state index in [0.717, 1.165) is 10.9 Å². The average Bonchev–Trinajstić information content (AvgIpc) is 2.95. The van der Waals surface area contributed by atoms with Crippen molar-refractivity contribution < 1.29 is 18.1 Å². The van der Waals surface area contributed by atoms with Crippen LogP contribution in [0.1, 0.15) is 5.89 Å². The number of benzene rings is 1. The number of alkyl halides is 2. The molecule has 0 saturated carbocycles. The van der Waals surface area contributed by atoms with Crippen LogP contribution in [-0.4, -0.2) is 27.3 Å². The van der Waals surface area contributed by atoms with Gasteiger partial charge < -0.3 is 4.52 Å². The summed E-state index contributed by atoms with van der Waals surface area (Å²) >= 11 is 0. The first-order valence-electron chi connectivity index (χ1n) is 6.12. The smallest absolute Gasteiger partial charge is 0.296 e. The Labute approximate surface area is 117 Å². The van der Waals surface area contributed by atoms with E-state index in [0.29, 0.717) is 5.56 Å². The summed E-state index contributed by atoms with van der Waals surface area (Å²) in [5.41, 5.74) is 1.48. The Morgan fingerprint density at radius 2 is 2.14 bits per heavy atom. The van der Waals surface area contributed by atoms with Crippen LogP contribution in [0, 0.1) is 0 Å². The Bertz CT molecular complexity index is 802. The zero-order chi connectivity index (χ0) is 14.8. The zero-order valence-electron chi connectivity index (χ0n) is 10.7. The molecule has 3 rings (SSSR count). The van der Waals surface area contributed by atoms with E-state index in [2.05, 4.69) is 15.1 Å². The Kier molecular flexibility index (Phi) is 3.39. The molecule has 1 aromatic carbocycles. The van der Waals surface area contributed by atoms with Gasteiger partial charge in [-0.25, -0.2) is 8.78 Å². The molecule has 0 radical (unpaired) electrons. The molecule has 0 aliphatic rings. The Morgan fingerprint density at radius 3 is 2.95 bits per heavy atom. The van der Waals surface area contributed by atoms with Gasteiger partial charge in [0.1, 0.15) is 0 Å². The molecule has 0 aliphatic heterocycles. The first-order valence-corrected chi connectivity index (χ1v) is 6.12. The summed E-state index contributed by atoms with van der Waals surface area (Å²) in [4.78, 5) is 19.1. The molecule has 0 unspecified atom stereocenters. The van der Waals surface area contributed by atoms with Crippen molar-refractivity contribution in [2.24, 2.45) is 0 Å². The normalized spacial score (nSPS) is 11.2. The zero-order valence-corrected chi connectivity index (χ0v) is 10.7. The van der Waals surface area contributed by atoms with E-state index in [-0.39, 0.29) is 11.7 Å². The fraction of sp³-hybridized carbons (Fsp3) is 0.143. The predicted octanol–water partition coefficient (Wildman–Crippen LogP) is 2.66. The number of fused-ring (bicyclic) bond motifs is 1. The van der Waals surface area contributed by atoms with Gasteiger partial charge in [-0.1, -0.05) is 11.2 Å². The van der Waals surface area contributed by atoms with Crippen molar-refractivity contribution in [1.29, 1.82) is 0 Å². The monoisotopic (exact) mass is 289 g/mol. The first-order chi connectivity index (χ1) is 10.1. The predicted molar refractivity (Wildman–Crippen MR) is 69.8 cm³/mol. The maximum Gasteiger partial charge on any atom is 0.296 e. The van der Waals surface area contributed by atoms with Crippen LogP contribution >= 0.6 is 0 Å². The second-order valence-corrected chi connectivity index (χ2v) is 4.37. The van der Waals surface area contributed by atoms with Gasteiger partial charge in [-0.3, -0.25) is 9.78 Å². The molecule has 0 atom stereocenters. The third-order valence-corrected chi connectivity index (χ3v) is 2.90. The number of ketones is 1. The van der Waals surface area contributed by atoms with Crippen molar-refractivity contribution in [3.8, 4) is 11.4 Å². The SMILES string of the molecule is O=C(Cc1nc(-c2ccc3ncccc3c2)no1)C(F)F. The summed E-state index contributed by atoms with van der Waals surface area (Å²) in [6.45, 7) is 0. The number of Topliss-reactive ketones (excluding diaryl/α,β-unsaturated/α-hetero) is 1. The van der Waals surface area contributed by atoms with Gasteiger partial charge in [0.05, 0.1) is 11.9 Å². The Morgan fingerprint density at radius 1 is 1.29 bits per heavy atom. The van der Waals surface area contributed by atoms with E-state index in [9.17, 15) is 13.6 Å². The standard InChI is InChI=1S/C14H9F2N3O2/c15-13(16)11(20)7-12-18-14(19-21-12)9-3-4-10-8(6-9)2-1-5-17-10/h1-6,13H,7H2. The number of carbonyl (C=O) groups is 1. The minimum absolute atomic E-state index is 0.124. The topological polar surface area (TPSA) is 68.9 Å². The maximum atomic E-state index is 12.2. The lowest BCUT2D eigenvalue weighted by molar-refractivity contribution is -0.129. The minimum atomic E-state index is -3.04. The highest BCUT2D eigenvalue weighted by Gasteiger charge is 2.19. The lowest BCUT2D eigenvalue weighted by Gasteiger charge is -1.98. The van der Waals surface area contributed by atoms with Crippen molar-refractivity contribution in [2.75, 3.05) is 0 Å². The van der Waals surface area contributed by atoms with Crippen LogP contribution in [0.3, 0.4) is 0 Å². The molecule has 0 spiro atoms. The number of halogens is 2. The maximum absolute atomic E-state index is 12.2. The lowest BCUT2D eigenvalue weighted by atomic mass is 10.1. The molecule has 5 nitrogen and oxygen atoms in total. The Balaban J connectivity index is 1.89. The number of rotatable bonds is 4. The number of hydrogen-bond donors (Lipinski definition) is 0. The quantitative estimate of drug-likeness (QED) is 0.738. The second-order valence-electron chi connectivity index (χ2n) is 4.37. The van der Waals surface area contributed by atoms with E-state index >= 15 is 0 Å². The van der Waals surface area contributed by atoms with Crippen molar-refractivity contribution in [2.45, 2.75) is 12.8 Å². The molecular weight excluding hydrogens is 280 g/mol. The van der Waals surface area contributed by atoms with Gasteiger partial charge in [0.2, 0.25) is 17.5 Å². The molecule has 0 amide bonds. The van der Waals surface area contributed by atoms with Crippen LogP contribution in [0.25, 0.3) is 22.3 Å². The fourth-order valence-corrected chi connectivity index (χ4v) is 1.88. The molecule has 0 aliphatic carbocycles. The third kappa shape index (κ3) is 2.76. The van der Waals surface area contributed by atoms with Crippen LogP contribution in [0.15, 0.2) is 41.1 Å². The number of nitrogens with zero attached hydrogens (tertiary/aromatic N) is 3. The molecule has 21 heavy (non-hydrogen) atoms.